The number of nitrogens with zero attached hydrogens (tertiary/aromatic N) is 2. The first kappa shape index (κ1) is 16.8. The summed E-state index contributed by atoms with van der Waals surface area (Å²) in [5.74, 6) is 0.119. The molecule has 1 aromatic heterocycles. The highest BCUT2D eigenvalue weighted by atomic mass is 16.2. The summed E-state index contributed by atoms with van der Waals surface area (Å²) < 4.78 is 1.95. The number of piperidine rings is 1. The first-order valence-electron chi connectivity index (χ1n) is 8.91. The Hall–Kier alpha value is -2.07. The third-order valence-corrected chi connectivity index (χ3v) is 4.95. The fourth-order valence-electron chi connectivity index (χ4n) is 3.30. The Balaban J connectivity index is 1.39. The molecule has 1 aromatic carbocycles. The molecule has 1 amide bonds. The van der Waals surface area contributed by atoms with Crippen molar-refractivity contribution in [1.29, 1.82) is 0 Å². The smallest absolute Gasteiger partial charge is 0.242 e. The minimum absolute atomic E-state index is 0.119. The number of aromatic nitrogens is 1. The molecule has 1 fully saturated rings. The first-order chi connectivity index (χ1) is 11.7. The van der Waals surface area contributed by atoms with E-state index in [9.17, 15) is 4.79 Å². The summed E-state index contributed by atoms with van der Waals surface area (Å²) in [7, 11) is 0. The normalized spacial score (nSPS) is 17.5. The predicted octanol–water partition coefficient (Wildman–Crippen LogP) is 2.87. The van der Waals surface area contributed by atoms with Crippen LogP contribution < -0.4 is 5.32 Å². The number of hydrogen-bond donors (Lipinski definition) is 1. The van der Waals surface area contributed by atoms with Crippen LogP contribution >= 0.6 is 0 Å². The summed E-state index contributed by atoms with van der Waals surface area (Å²) in [6.45, 7) is 5.18. The molecule has 128 valence electrons. The van der Waals surface area contributed by atoms with Crippen molar-refractivity contribution in [2.45, 2.75) is 38.3 Å². The van der Waals surface area contributed by atoms with Crippen molar-refractivity contribution in [1.82, 2.24) is 14.8 Å². The standard InChI is InChI=1S/C20H27N3O/c1-17(23-12-5-6-13-23)20(24)21-19-10-15-22(16-11-19)14-9-18-7-3-2-4-8-18/h2-8,12-13,17,19H,9-11,14-16H2,1H3,(H,21,24). The van der Waals surface area contributed by atoms with Crippen LogP contribution in [0.2, 0.25) is 0 Å². The van der Waals surface area contributed by atoms with Gasteiger partial charge in [0, 0.05) is 38.1 Å². The van der Waals surface area contributed by atoms with Crippen LogP contribution in [-0.2, 0) is 11.2 Å². The van der Waals surface area contributed by atoms with E-state index >= 15 is 0 Å². The molecule has 4 nitrogen and oxygen atoms in total. The maximum Gasteiger partial charge on any atom is 0.242 e. The maximum absolute atomic E-state index is 12.4. The first-order valence-corrected chi connectivity index (χ1v) is 8.91. The van der Waals surface area contributed by atoms with E-state index in [1.54, 1.807) is 0 Å². The second kappa shape index (κ2) is 8.15. The molecule has 0 aliphatic carbocycles. The van der Waals surface area contributed by atoms with E-state index < -0.39 is 0 Å². The molecule has 0 spiro atoms. The summed E-state index contributed by atoms with van der Waals surface area (Å²) in [4.78, 5) is 14.9. The molecule has 3 rings (SSSR count). The molecule has 1 atom stereocenters. The van der Waals surface area contributed by atoms with Gasteiger partial charge in [-0.2, -0.15) is 0 Å². The topological polar surface area (TPSA) is 37.3 Å². The minimum atomic E-state index is -0.142. The monoisotopic (exact) mass is 325 g/mol. The second-order valence-corrected chi connectivity index (χ2v) is 6.67. The van der Waals surface area contributed by atoms with Crippen molar-refractivity contribution in [2.24, 2.45) is 0 Å². The predicted molar refractivity (Wildman–Crippen MR) is 96.9 cm³/mol. The van der Waals surface area contributed by atoms with Crippen molar-refractivity contribution >= 4 is 5.91 Å². The van der Waals surface area contributed by atoms with Crippen LogP contribution in [0, 0.1) is 0 Å². The zero-order valence-corrected chi connectivity index (χ0v) is 14.4. The molecule has 0 bridgehead atoms. The Kier molecular flexibility index (Phi) is 5.70. The van der Waals surface area contributed by atoms with Crippen LogP contribution in [0.3, 0.4) is 0 Å². The minimum Gasteiger partial charge on any atom is -0.351 e. The van der Waals surface area contributed by atoms with Crippen LogP contribution in [0.5, 0.6) is 0 Å². The molecule has 1 aliphatic rings. The lowest BCUT2D eigenvalue weighted by Gasteiger charge is -2.33. The van der Waals surface area contributed by atoms with Crippen molar-refractivity contribution in [3.8, 4) is 0 Å². The highest BCUT2D eigenvalue weighted by molar-refractivity contribution is 5.80. The summed E-state index contributed by atoms with van der Waals surface area (Å²) in [6.07, 6.45) is 7.06. The number of rotatable bonds is 6. The Labute approximate surface area is 144 Å². The van der Waals surface area contributed by atoms with E-state index in [1.807, 2.05) is 36.0 Å². The SMILES string of the molecule is CC(C(=O)NC1CCN(CCc2ccccc2)CC1)n1cccc1. The van der Waals surface area contributed by atoms with Gasteiger partial charge in [0.2, 0.25) is 5.91 Å². The van der Waals surface area contributed by atoms with Crippen molar-refractivity contribution in [3.05, 3.63) is 60.4 Å². The summed E-state index contributed by atoms with van der Waals surface area (Å²) in [5, 5.41) is 3.21. The van der Waals surface area contributed by atoms with Crippen molar-refractivity contribution in [2.75, 3.05) is 19.6 Å². The lowest BCUT2D eigenvalue weighted by molar-refractivity contribution is -0.124. The number of carbonyl (C=O) groups excluding carboxylic acids is 1. The Bertz CT molecular complexity index is 616. The van der Waals surface area contributed by atoms with E-state index in [0.717, 1.165) is 38.9 Å². The molecule has 2 heterocycles. The highest BCUT2D eigenvalue weighted by Gasteiger charge is 2.22. The third kappa shape index (κ3) is 4.48. The molecule has 2 aromatic rings. The van der Waals surface area contributed by atoms with Crippen LogP contribution in [0.15, 0.2) is 54.9 Å². The molecule has 0 saturated carbocycles. The van der Waals surface area contributed by atoms with Gasteiger partial charge in [-0.25, -0.2) is 0 Å². The van der Waals surface area contributed by atoms with Crippen LogP contribution in [-0.4, -0.2) is 41.1 Å². The van der Waals surface area contributed by atoms with Gasteiger partial charge in [0.25, 0.3) is 0 Å². The third-order valence-electron chi connectivity index (χ3n) is 4.95. The van der Waals surface area contributed by atoms with Gasteiger partial charge in [-0.1, -0.05) is 30.3 Å². The molecular formula is C20H27N3O. The molecule has 24 heavy (non-hydrogen) atoms. The lowest BCUT2D eigenvalue weighted by atomic mass is 10.0. The number of amides is 1. The Morgan fingerprint density at radius 1 is 1.12 bits per heavy atom. The van der Waals surface area contributed by atoms with Crippen LogP contribution in [0.1, 0.15) is 31.4 Å². The maximum atomic E-state index is 12.4. The lowest BCUT2D eigenvalue weighted by Crippen LogP contribution is -2.46. The highest BCUT2D eigenvalue weighted by Crippen LogP contribution is 2.13. The van der Waals surface area contributed by atoms with E-state index in [0.29, 0.717) is 6.04 Å². The van der Waals surface area contributed by atoms with E-state index in [2.05, 4.69) is 40.5 Å². The molecule has 0 radical (unpaired) electrons. The number of hydrogen-bond acceptors (Lipinski definition) is 2. The van der Waals surface area contributed by atoms with E-state index in [-0.39, 0.29) is 11.9 Å². The summed E-state index contributed by atoms with van der Waals surface area (Å²) in [5.41, 5.74) is 1.40. The van der Waals surface area contributed by atoms with Gasteiger partial charge < -0.3 is 14.8 Å². The Morgan fingerprint density at radius 3 is 2.46 bits per heavy atom. The van der Waals surface area contributed by atoms with Crippen LogP contribution in [0.25, 0.3) is 0 Å². The zero-order valence-electron chi connectivity index (χ0n) is 14.4. The second-order valence-electron chi connectivity index (χ2n) is 6.67. The van der Waals surface area contributed by atoms with E-state index in [4.69, 9.17) is 0 Å². The van der Waals surface area contributed by atoms with Gasteiger partial charge in [0.05, 0.1) is 0 Å². The van der Waals surface area contributed by atoms with Gasteiger partial charge in [-0.3, -0.25) is 4.79 Å². The number of benzene rings is 1. The molecule has 1 N–H and O–H groups in total. The fourth-order valence-corrected chi connectivity index (χ4v) is 3.30. The van der Waals surface area contributed by atoms with Crippen molar-refractivity contribution in [3.63, 3.8) is 0 Å². The van der Waals surface area contributed by atoms with Crippen molar-refractivity contribution < 1.29 is 4.79 Å². The summed E-state index contributed by atoms with van der Waals surface area (Å²) >= 11 is 0. The molecule has 4 heteroatoms. The Morgan fingerprint density at radius 2 is 1.79 bits per heavy atom. The van der Waals surface area contributed by atoms with Gasteiger partial charge in [-0.15, -0.1) is 0 Å². The largest absolute Gasteiger partial charge is 0.351 e. The fraction of sp³-hybridized carbons (Fsp3) is 0.450. The number of nitrogens with one attached hydrogen (secondary N) is 1. The molecule has 1 saturated heterocycles. The number of carbonyl (C=O) groups is 1. The van der Waals surface area contributed by atoms with Crippen LogP contribution in [0.4, 0.5) is 0 Å². The zero-order chi connectivity index (χ0) is 16.8. The molecular weight excluding hydrogens is 298 g/mol. The molecule has 1 aliphatic heterocycles. The van der Waals surface area contributed by atoms with Gasteiger partial charge >= 0.3 is 0 Å². The quantitative estimate of drug-likeness (QED) is 0.887. The number of likely N-dealkylation sites (tertiary alicyclic amines) is 1. The van der Waals surface area contributed by atoms with Gasteiger partial charge in [0.15, 0.2) is 0 Å². The summed E-state index contributed by atoms with van der Waals surface area (Å²) in [6, 6.07) is 14.7. The van der Waals surface area contributed by atoms with Gasteiger partial charge in [-0.05, 0) is 43.9 Å². The van der Waals surface area contributed by atoms with Gasteiger partial charge in [0.1, 0.15) is 6.04 Å². The molecule has 1 unspecified atom stereocenters. The average molecular weight is 325 g/mol. The van der Waals surface area contributed by atoms with E-state index in [1.165, 1.54) is 5.56 Å². The average Bonchev–Trinajstić information content (AvgIpc) is 3.16.